The van der Waals surface area contributed by atoms with E-state index in [9.17, 15) is 14.4 Å². The topological polar surface area (TPSA) is 89.2 Å². The first kappa shape index (κ1) is 18.0. The standard InChI is InChI=1S/C19H16ClN5O3/c20-13-5-4-6-14(11-13)21-16(26)12-25-18(28)17(27)24-10-9-23(19(24)22-25)15-7-2-1-3-8-15/h1-8,11H,9-10,12H2,(H,21,26). The van der Waals surface area contributed by atoms with E-state index in [1.807, 2.05) is 35.2 Å². The SMILES string of the molecule is O=C(Cn1nc2n(c(=O)c1=O)CCN2c1ccccc1)Nc1cccc(Cl)c1. The van der Waals surface area contributed by atoms with E-state index in [2.05, 4.69) is 10.4 Å². The summed E-state index contributed by atoms with van der Waals surface area (Å²) in [6.45, 7) is 0.502. The summed E-state index contributed by atoms with van der Waals surface area (Å²) in [6, 6.07) is 16.1. The van der Waals surface area contributed by atoms with Gasteiger partial charge < -0.3 is 10.2 Å². The van der Waals surface area contributed by atoms with Crippen molar-refractivity contribution in [3.8, 4) is 0 Å². The smallest absolute Gasteiger partial charge is 0.324 e. The zero-order valence-corrected chi connectivity index (χ0v) is 15.5. The Morgan fingerprint density at radius 1 is 1.04 bits per heavy atom. The number of carbonyl (C=O) groups excluding carboxylic acids is 1. The van der Waals surface area contributed by atoms with Crippen molar-refractivity contribution in [1.29, 1.82) is 0 Å². The zero-order chi connectivity index (χ0) is 19.7. The molecule has 1 N–H and O–H groups in total. The fraction of sp³-hybridized carbons (Fsp3) is 0.158. The minimum atomic E-state index is -0.833. The maximum atomic E-state index is 12.5. The van der Waals surface area contributed by atoms with Crippen LogP contribution in [-0.2, 0) is 17.9 Å². The lowest BCUT2D eigenvalue weighted by Crippen LogP contribution is -2.44. The van der Waals surface area contributed by atoms with Crippen molar-refractivity contribution in [3.05, 3.63) is 80.3 Å². The summed E-state index contributed by atoms with van der Waals surface area (Å²) in [4.78, 5) is 39.0. The number of carbonyl (C=O) groups is 1. The lowest BCUT2D eigenvalue weighted by molar-refractivity contribution is -0.117. The molecule has 1 amide bonds. The average molecular weight is 398 g/mol. The van der Waals surface area contributed by atoms with Crippen molar-refractivity contribution in [2.75, 3.05) is 16.8 Å². The number of nitrogens with one attached hydrogen (secondary N) is 1. The molecule has 0 saturated heterocycles. The molecule has 0 aliphatic carbocycles. The Kier molecular flexibility index (Phi) is 4.70. The molecular formula is C19H16ClN5O3. The maximum Gasteiger partial charge on any atom is 0.333 e. The van der Waals surface area contributed by atoms with E-state index in [-0.39, 0.29) is 6.54 Å². The molecule has 0 spiro atoms. The van der Waals surface area contributed by atoms with Crippen molar-refractivity contribution >= 4 is 34.8 Å². The average Bonchev–Trinajstić information content (AvgIpc) is 3.10. The highest BCUT2D eigenvalue weighted by Gasteiger charge is 2.26. The molecular weight excluding hydrogens is 382 g/mol. The molecule has 3 aromatic rings. The second-order valence-corrected chi connectivity index (χ2v) is 6.70. The van der Waals surface area contributed by atoms with Gasteiger partial charge in [-0.05, 0) is 30.3 Å². The van der Waals surface area contributed by atoms with Gasteiger partial charge >= 0.3 is 11.1 Å². The van der Waals surface area contributed by atoms with Gasteiger partial charge in [0.2, 0.25) is 11.9 Å². The van der Waals surface area contributed by atoms with Gasteiger partial charge in [-0.1, -0.05) is 35.9 Å². The third kappa shape index (κ3) is 3.41. The Morgan fingerprint density at radius 2 is 1.82 bits per heavy atom. The van der Waals surface area contributed by atoms with Crippen molar-refractivity contribution in [1.82, 2.24) is 14.3 Å². The highest BCUT2D eigenvalue weighted by molar-refractivity contribution is 6.30. The fourth-order valence-corrected chi connectivity index (χ4v) is 3.28. The van der Waals surface area contributed by atoms with Crippen molar-refractivity contribution < 1.29 is 4.79 Å². The summed E-state index contributed by atoms with van der Waals surface area (Å²) in [7, 11) is 0. The quantitative estimate of drug-likeness (QED) is 0.679. The summed E-state index contributed by atoms with van der Waals surface area (Å²) in [5, 5.41) is 7.39. The molecule has 4 rings (SSSR count). The van der Waals surface area contributed by atoms with E-state index < -0.39 is 17.0 Å². The molecule has 1 aromatic heterocycles. The highest BCUT2D eigenvalue weighted by atomic mass is 35.5. The number of para-hydroxylation sites is 1. The molecule has 0 saturated carbocycles. The van der Waals surface area contributed by atoms with Crippen LogP contribution in [-0.4, -0.2) is 26.8 Å². The van der Waals surface area contributed by atoms with Gasteiger partial charge in [-0.15, -0.1) is 5.10 Å². The molecule has 0 radical (unpaired) electrons. The van der Waals surface area contributed by atoms with Crippen LogP contribution in [0, 0.1) is 0 Å². The molecule has 0 fully saturated rings. The van der Waals surface area contributed by atoms with E-state index in [0.717, 1.165) is 10.4 Å². The number of aromatic nitrogens is 3. The van der Waals surface area contributed by atoms with E-state index in [1.54, 1.807) is 24.3 Å². The molecule has 2 aromatic carbocycles. The second kappa shape index (κ2) is 7.32. The number of hydrogen-bond acceptors (Lipinski definition) is 5. The van der Waals surface area contributed by atoms with Gasteiger partial charge in [0.15, 0.2) is 0 Å². The van der Waals surface area contributed by atoms with Gasteiger partial charge in [-0.25, -0.2) is 4.68 Å². The second-order valence-electron chi connectivity index (χ2n) is 6.27. The monoisotopic (exact) mass is 397 g/mol. The number of halogens is 1. The maximum absolute atomic E-state index is 12.5. The van der Waals surface area contributed by atoms with E-state index in [1.165, 1.54) is 4.57 Å². The Labute approximate surface area is 164 Å². The van der Waals surface area contributed by atoms with Gasteiger partial charge in [-0.3, -0.25) is 19.0 Å². The number of nitrogens with zero attached hydrogens (tertiary/aromatic N) is 4. The first-order valence-electron chi connectivity index (χ1n) is 8.63. The summed E-state index contributed by atoms with van der Waals surface area (Å²) in [5.74, 6) is -0.142. The summed E-state index contributed by atoms with van der Waals surface area (Å²) in [5.41, 5.74) is -0.178. The van der Waals surface area contributed by atoms with Crippen LogP contribution in [0.3, 0.4) is 0 Å². The third-order valence-electron chi connectivity index (χ3n) is 4.37. The van der Waals surface area contributed by atoms with Gasteiger partial charge in [-0.2, -0.15) is 0 Å². The molecule has 0 unspecified atom stereocenters. The Hall–Kier alpha value is -3.39. The van der Waals surface area contributed by atoms with Crippen LogP contribution in [0.5, 0.6) is 0 Å². The summed E-state index contributed by atoms with van der Waals surface area (Å²) < 4.78 is 2.23. The number of anilines is 3. The molecule has 2 heterocycles. The van der Waals surface area contributed by atoms with Gasteiger partial charge in [0, 0.05) is 29.5 Å². The minimum Gasteiger partial charge on any atom is -0.324 e. The van der Waals surface area contributed by atoms with Crippen LogP contribution in [0.25, 0.3) is 0 Å². The molecule has 1 aliphatic rings. The normalized spacial score (nSPS) is 12.7. The molecule has 9 heteroatoms. The van der Waals surface area contributed by atoms with Gasteiger partial charge in [0.1, 0.15) is 6.54 Å². The van der Waals surface area contributed by atoms with Gasteiger partial charge in [0.05, 0.1) is 0 Å². The number of hydrogen-bond donors (Lipinski definition) is 1. The summed E-state index contributed by atoms with van der Waals surface area (Å²) in [6.07, 6.45) is 0. The van der Waals surface area contributed by atoms with E-state index in [0.29, 0.717) is 29.7 Å². The van der Waals surface area contributed by atoms with E-state index in [4.69, 9.17) is 11.6 Å². The van der Waals surface area contributed by atoms with Crippen molar-refractivity contribution in [3.63, 3.8) is 0 Å². The number of benzene rings is 2. The van der Waals surface area contributed by atoms with E-state index >= 15 is 0 Å². The lowest BCUT2D eigenvalue weighted by Gasteiger charge is -2.17. The molecule has 0 bridgehead atoms. The van der Waals surface area contributed by atoms with Crippen molar-refractivity contribution in [2.24, 2.45) is 0 Å². The number of rotatable bonds is 4. The van der Waals surface area contributed by atoms with Crippen LogP contribution in [0.15, 0.2) is 64.2 Å². The Bertz CT molecular complexity index is 1160. The first-order valence-corrected chi connectivity index (χ1v) is 9.01. The van der Waals surface area contributed by atoms with Crippen molar-refractivity contribution in [2.45, 2.75) is 13.1 Å². The molecule has 28 heavy (non-hydrogen) atoms. The Morgan fingerprint density at radius 3 is 2.57 bits per heavy atom. The third-order valence-corrected chi connectivity index (χ3v) is 4.61. The minimum absolute atomic E-state index is 0.339. The molecule has 1 aliphatic heterocycles. The van der Waals surface area contributed by atoms with Crippen LogP contribution in [0.1, 0.15) is 0 Å². The predicted molar refractivity (Wildman–Crippen MR) is 106 cm³/mol. The summed E-state index contributed by atoms with van der Waals surface area (Å²) >= 11 is 5.90. The Balaban J connectivity index is 1.64. The lowest BCUT2D eigenvalue weighted by atomic mass is 10.3. The van der Waals surface area contributed by atoms with Crippen LogP contribution in [0.4, 0.5) is 17.3 Å². The number of amides is 1. The zero-order valence-electron chi connectivity index (χ0n) is 14.7. The van der Waals surface area contributed by atoms with Gasteiger partial charge in [0.25, 0.3) is 0 Å². The molecule has 8 nitrogen and oxygen atoms in total. The fourth-order valence-electron chi connectivity index (χ4n) is 3.09. The van der Waals surface area contributed by atoms with Crippen LogP contribution in [0.2, 0.25) is 5.02 Å². The van der Waals surface area contributed by atoms with Crippen LogP contribution < -0.4 is 21.3 Å². The first-order chi connectivity index (χ1) is 13.5. The molecule has 0 atom stereocenters. The largest absolute Gasteiger partial charge is 0.333 e. The van der Waals surface area contributed by atoms with Crippen LogP contribution >= 0.6 is 11.6 Å². The number of fused-ring (bicyclic) bond motifs is 1. The molecule has 142 valence electrons. The predicted octanol–water partition coefficient (Wildman–Crippen LogP) is 1.85. The highest BCUT2D eigenvalue weighted by Crippen LogP contribution is 2.25.